The van der Waals surface area contributed by atoms with Crippen LogP contribution in [0.15, 0.2) is 46.2 Å². The van der Waals surface area contributed by atoms with Crippen LogP contribution in [-0.4, -0.2) is 38.3 Å². The third-order valence-electron chi connectivity index (χ3n) is 3.24. The minimum absolute atomic E-state index is 0.147. The number of ether oxygens (including phenoxy) is 2. The third-order valence-corrected chi connectivity index (χ3v) is 5.04. The molecular weight excluding hydrogens is 336 g/mol. The molecule has 2 aromatic carbocycles. The first-order chi connectivity index (χ1) is 11.3. The number of hydrogen-bond acceptors (Lipinski definition) is 6. The van der Waals surface area contributed by atoms with Gasteiger partial charge >= 0.3 is 5.97 Å². The average Bonchev–Trinajstić information content (AvgIpc) is 2.56. The van der Waals surface area contributed by atoms with Crippen LogP contribution in [0.2, 0.25) is 0 Å². The summed E-state index contributed by atoms with van der Waals surface area (Å²) < 4.78 is 32.2. The molecule has 2 aromatic rings. The summed E-state index contributed by atoms with van der Waals surface area (Å²) in [5.41, 5.74) is -0.147. The quantitative estimate of drug-likeness (QED) is 0.741. The molecule has 2 aliphatic heterocycles. The van der Waals surface area contributed by atoms with Crippen LogP contribution in [0.25, 0.3) is 0 Å². The number of hydrogen-bond donors (Lipinski definition) is 2. The van der Waals surface area contributed by atoms with Crippen LogP contribution in [-0.2, 0) is 9.84 Å². The number of carboxylic acids is 1. The van der Waals surface area contributed by atoms with Crippen molar-refractivity contribution in [3.8, 4) is 17.2 Å². The molecule has 0 atom stereocenters. The zero-order valence-electron chi connectivity index (χ0n) is 13.0. The van der Waals surface area contributed by atoms with E-state index in [1.165, 1.54) is 25.3 Å². The number of phenols is 1. The topological polar surface area (TPSA) is 110 Å². The van der Waals surface area contributed by atoms with Crippen molar-refractivity contribution < 1.29 is 32.9 Å². The molecule has 2 heterocycles. The smallest absolute Gasteiger partial charge is 0.339 e. The Bertz CT molecular complexity index is 844. The second kappa shape index (κ2) is 6.79. The number of para-hydroxylation sites is 1. The third kappa shape index (κ3) is 3.13. The zero-order chi connectivity index (χ0) is 17.9. The fourth-order valence-electron chi connectivity index (χ4n) is 2.14. The van der Waals surface area contributed by atoms with Gasteiger partial charge in [0.05, 0.1) is 13.7 Å². The van der Waals surface area contributed by atoms with Crippen molar-refractivity contribution in [2.45, 2.75) is 16.7 Å². The monoisotopic (exact) mass is 352 g/mol. The van der Waals surface area contributed by atoms with Crippen LogP contribution in [0.4, 0.5) is 0 Å². The summed E-state index contributed by atoms with van der Waals surface area (Å²) in [5.74, 6) is -0.486. The van der Waals surface area contributed by atoms with Crippen molar-refractivity contribution in [3.63, 3.8) is 0 Å². The number of carbonyl (C=O) groups is 1. The van der Waals surface area contributed by atoms with Crippen molar-refractivity contribution >= 4 is 15.8 Å². The van der Waals surface area contributed by atoms with E-state index in [4.69, 9.17) is 19.7 Å². The Labute approximate surface area is 139 Å². The number of sulfone groups is 1. The molecule has 2 N–H and O–H groups in total. The molecule has 128 valence electrons. The molecule has 0 aromatic heterocycles. The van der Waals surface area contributed by atoms with E-state index in [0.717, 1.165) is 0 Å². The number of aromatic hydroxyl groups is 1. The lowest BCUT2D eigenvalue weighted by Gasteiger charge is -2.20. The highest BCUT2D eigenvalue weighted by Crippen LogP contribution is 2.44. The maximum atomic E-state index is 11.1. The van der Waals surface area contributed by atoms with Crippen molar-refractivity contribution in [1.29, 1.82) is 0 Å². The first-order valence-corrected chi connectivity index (χ1v) is 8.42. The predicted octanol–water partition coefficient (Wildman–Crippen LogP) is 2.33. The van der Waals surface area contributed by atoms with E-state index in [1.807, 2.05) is 0 Å². The van der Waals surface area contributed by atoms with Gasteiger partial charge in [0.2, 0.25) is 9.84 Å². The standard InChI is InChI=1S/C9H10O4.C7H6O3S/c1-2-13-6-3-4-8(10)7(5-6)9(11)12;1-10-7-5-3-2-4-6(7)11(5,8)9/h3-5,10H,2H2,1H3,(H,11,12);2-4H,1H3. The molecule has 2 aliphatic rings. The minimum atomic E-state index is -3.10. The second-order valence-corrected chi connectivity index (χ2v) is 6.59. The summed E-state index contributed by atoms with van der Waals surface area (Å²) in [4.78, 5) is 11.2. The van der Waals surface area contributed by atoms with Gasteiger partial charge < -0.3 is 19.7 Å². The molecule has 0 radical (unpaired) electrons. The molecule has 0 fully saturated rings. The highest BCUT2D eigenvalue weighted by molar-refractivity contribution is 7.93. The highest BCUT2D eigenvalue weighted by atomic mass is 32.2. The van der Waals surface area contributed by atoms with Crippen LogP contribution in [0.3, 0.4) is 0 Å². The Morgan fingerprint density at radius 1 is 1.17 bits per heavy atom. The summed E-state index contributed by atoms with van der Waals surface area (Å²) >= 11 is 0. The van der Waals surface area contributed by atoms with Crippen LogP contribution in [0.5, 0.6) is 17.2 Å². The first-order valence-electron chi connectivity index (χ1n) is 6.94. The number of aromatic carboxylic acids is 1. The molecule has 0 aliphatic carbocycles. The van der Waals surface area contributed by atoms with Gasteiger partial charge in [-0.25, -0.2) is 13.2 Å². The number of fused-ring (bicyclic) bond motifs is 2. The van der Waals surface area contributed by atoms with Crippen molar-refractivity contribution in [2.75, 3.05) is 13.7 Å². The van der Waals surface area contributed by atoms with Crippen molar-refractivity contribution in [2.24, 2.45) is 0 Å². The number of carboxylic acid groups (broad SMARTS) is 1. The Balaban J connectivity index is 0.000000175. The Kier molecular flexibility index (Phi) is 4.99. The highest BCUT2D eigenvalue weighted by Gasteiger charge is 2.36. The maximum absolute atomic E-state index is 11.1. The van der Waals surface area contributed by atoms with Gasteiger partial charge in [0.1, 0.15) is 26.9 Å². The fraction of sp³-hybridized carbons (Fsp3) is 0.188. The van der Waals surface area contributed by atoms with Gasteiger partial charge in [-0.3, -0.25) is 0 Å². The van der Waals surface area contributed by atoms with Gasteiger partial charge in [0.25, 0.3) is 0 Å². The molecule has 7 nitrogen and oxygen atoms in total. The molecular formula is C16H16O7S. The Hall–Kier alpha value is -2.74. The van der Waals surface area contributed by atoms with Gasteiger partial charge in [-0.15, -0.1) is 0 Å². The van der Waals surface area contributed by atoms with Gasteiger partial charge in [-0.05, 0) is 37.3 Å². The molecule has 2 bridgehead atoms. The molecule has 0 amide bonds. The minimum Gasteiger partial charge on any atom is -0.507 e. The lowest BCUT2D eigenvalue weighted by Crippen LogP contribution is -2.15. The molecule has 0 saturated heterocycles. The van der Waals surface area contributed by atoms with E-state index >= 15 is 0 Å². The van der Waals surface area contributed by atoms with Gasteiger partial charge in [-0.2, -0.15) is 0 Å². The van der Waals surface area contributed by atoms with Crippen molar-refractivity contribution in [3.05, 3.63) is 42.0 Å². The summed E-state index contributed by atoms with van der Waals surface area (Å²) in [6.07, 6.45) is 0. The number of benzene rings is 2. The van der Waals surface area contributed by atoms with E-state index < -0.39 is 15.8 Å². The average molecular weight is 352 g/mol. The van der Waals surface area contributed by atoms with Crippen LogP contribution in [0.1, 0.15) is 17.3 Å². The van der Waals surface area contributed by atoms with E-state index in [1.54, 1.807) is 25.1 Å². The van der Waals surface area contributed by atoms with Crippen LogP contribution in [0, 0.1) is 0 Å². The molecule has 8 heteroatoms. The molecule has 4 rings (SSSR count). The molecule has 0 spiro atoms. The zero-order valence-corrected chi connectivity index (χ0v) is 13.8. The Morgan fingerprint density at radius 2 is 1.79 bits per heavy atom. The fourth-order valence-corrected chi connectivity index (χ4v) is 3.61. The van der Waals surface area contributed by atoms with Crippen molar-refractivity contribution in [1.82, 2.24) is 0 Å². The normalized spacial score (nSPS) is 13.1. The number of rotatable bonds is 4. The molecule has 24 heavy (non-hydrogen) atoms. The van der Waals surface area contributed by atoms with Crippen LogP contribution >= 0.6 is 0 Å². The lowest BCUT2D eigenvalue weighted by molar-refractivity contribution is 0.0693. The van der Waals surface area contributed by atoms with Gasteiger partial charge in [0, 0.05) is 0 Å². The summed E-state index contributed by atoms with van der Waals surface area (Å²) in [6, 6.07) is 8.90. The summed E-state index contributed by atoms with van der Waals surface area (Å²) in [5, 5.41) is 17.8. The number of methoxy groups -OCH3 is 1. The first kappa shape index (κ1) is 17.6. The van der Waals surface area contributed by atoms with E-state index in [-0.39, 0.29) is 11.3 Å². The Morgan fingerprint density at radius 3 is 2.21 bits per heavy atom. The summed E-state index contributed by atoms with van der Waals surface area (Å²) in [7, 11) is -1.63. The maximum Gasteiger partial charge on any atom is 0.339 e. The lowest BCUT2D eigenvalue weighted by atomic mass is 10.2. The van der Waals surface area contributed by atoms with Crippen LogP contribution < -0.4 is 9.47 Å². The van der Waals surface area contributed by atoms with Gasteiger partial charge in [-0.1, -0.05) is 6.07 Å². The second-order valence-electron chi connectivity index (χ2n) is 4.71. The van der Waals surface area contributed by atoms with E-state index in [9.17, 15) is 13.2 Å². The molecule has 0 unspecified atom stereocenters. The molecule has 0 saturated carbocycles. The van der Waals surface area contributed by atoms with E-state index in [0.29, 0.717) is 27.9 Å². The SMILES string of the molecule is CCOc1ccc(O)c(C(=O)O)c1.COc1c2cccc1S2(=O)=O. The van der Waals surface area contributed by atoms with E-state index in [2.05, 4.69) is 0 Å². The van der Waals surface area contributed by atoms with Gasteiger partial charge in [0.15, 0.2) is 5.75 Å². The largest absolute Gasteiger partial charge is 0.507 e. The predicted molar refractivity (Wildman–Crippen MR) is 84.7 cm³/mol. The summed E-state index contributed by atoms with van der Waals surface area (Å²) in [6.45, 7) is 2.26.